The van der Waals surface area contributed by atoms with Gasteiger partial charge in [0, 0.05) is 43.2 Å². The molecule has 1 aliphatic heterocycles. The van der Waals surface area contributed by atoms with Crippen LogP contribution in [-0.4, -0.2) is 89.1 Å². The summed E-state index contributed by atoms with van der Waals surface area (Å²) in [6.07, 6.45) is 6.47. The number of hydrogen-bond acceptors (Lipinski definition) is 7. The number of likely N-dealkylation sites (N-methyl/N-ethyl adjacent to an activating group) is 1. The van der Waals surface area contributed by atoms with E-state index in [0.29, 0.717) is 42.2 Å². The second-order valence-corrected chi connectivity index (χ2v) is 17.2. The lowest BCUT2D eigenvalue weighted by Crippen LogP contribution is -2.62. The highest BCUT2D eigenvalue weighted by Crippen LogP contribution is 2.61. The summed E-state index contributed by atoms with van der Waals surface area (Å²) >= 11 is 0. The zero-order valence-electron chi connectivity index (χ0n) is 31.8. The van der Waals surface area contributed by atoms with Gasteiger partial charge in [-0.15, -0.1) is 0 Å². The minimum absolute atomic E-state index is 0.0269. The molecule has 1 unspecified atom stereocenters. The van der Waals surface area contributed by atoms with E-state index in [0.717, 1.165) is 49.0 Å². The van der Waals surface area contributed by atoms with E-state index in [-0.39, 0.29) is 30.4 Å². The van der Waals surface area contributed by atoms with Crippen LogP contribution < -0.4 is 5.32 Å². The number of fused-ring (bicyclic) bond motifs is 2. The Morgan fingerprint density at radius 1 is 1.06 bits per heavy atom. The highest BCUT2D eigenvalue weighted by molar-refractivity contribution is 5.82. The Bertz CT molecular complexity index is 1460. The van der Waals surface area contributed by atoms with Crippen LogP contribution in [-0.2, 0) is 22.7 Å². The first kappa shape index (κ1) is 38.3. The lowest BCUT2D eigenvalue weighted by molar-refractivity contribution is -0.183. The van der Waals surface area contributed by atoms with Crippen molar-refractivity contribution >= 4 is 5.91 Å². The molecule has 5 fully saturated rings. The Labute approximate surface area is 305 Å². The first-order chi connectivity index (χ1) is 24.4. The van der Waals surface area contributed by atoms with Crippen LogP contribution >= 0.6 is 0 Å². The summed E-state index contributed by atoms with van der Waals surface area (Å²) < 4.78 is 15.5. The minimum Gasteiger partial charge on any atom is -0.394 e. The second kappa shape index (κ2) is 16.3. The average molecular weight is 707 g/mol. The maximum atomic E-state index is 15.5. The van der Waals surface area contributed by atoms with Gasteiger partial charge in [-0.05, 0) is 93.0 Å². The van der Waals surface area contributed by atoms with Crippen LogP contribution in [0.25, 0.3) is 0 Å². The molecule has 1 heterocycles. The lowest BCUT2D eigenvalue weighted by Gasteiger charge is -2.62. The molecular formula is C42H63FN4O4. The molecule has 3 N–H and O–H groups in total. The number of nitrogens with zero attached hydrogens (tertiary/aromatic N) is 3. The monoisotopic (exact) mass is 706 g/mol. The van der Waals surface area contributed by atoms with E-state index >= 15 is 4.39 Å². The number of halogens is 1. The summed E-state index contributed by atoms with van der Waals surface area (Å²) in [7, 11) is 4.16. The van der Waals surface area contributed by atoms with Crippen molar-refractivity contribution in [2.24, 2.45) is 35.0 Å². The number of benzene rings is 2. The lowest BCUT2D eigenvalue weighted by atomic mass is 9.45. The number of amides is 1. The smallest absolute Gasteiger partial charge is 0.240 e. The quantitative estimate of drug-likeness (QED) is 0.217. The normalized spacial score (nSPS) is 30.7. The van der Waals surface area contributed by atoms with Gasteiger partial charge in [0.15, 0.2) is 0 Å². The topological polar surface area (TPSA) is 88.5 Å². The molecule has 0 radical (unpaired) electrons. The molecule has 2 aromatic carbocycles. The van der Waals surface area contributed by atoms with Gasteiger partial charge in [-0.1, -0.05) is 82.5 Å². The SMILES string of the molecule is C[C@@H]1[C@@H](NC(=O)[C@@H]2[C@H]([C@H](C)O)[C@H](CO)ON2Cc2cccc(CN(CCN(C)C)C(c3ccccc3F)C3CCCCC3)c2)C[C@H]2C[C@@H]1C2(C)C. The second-order valence-electron chi connectivity index (χ2n) is 17.2. The van der Waals surface area contributed by atoms with Crippen molar-refractivity contribution in [2.45, 2.75) is 116 Å². The molecule has 9 heteroatoms. The molecule has 282 valence electrons. The van der Waals surface area contributed by atoms with E-state index in [4.69, 9.17) is 4.84 Å². The number of hydrogen-bond donors (Lipinski definition) is 3. The summed E-state index contributed by atoms with van der Waals surface area (Å²) in [5.74, 6) is 1.11. The molecule has 51 heavy (non-hydrogen) atoms. The first-order valence-electron chi connectivity index (χ1n) is 19.6. The van der Waals surface area contributed by atoms with Gasteiger partial charge in [0.1, 0.15) is 18.0 Å². The summed E-state index contributed by atoms with van der Waals surface area (Å²) in [6, 6.07) is 15.0. The minimum atomic E-state index is -0.842. The highest BCUT2D eigenvalue weighted by Gasteiger charge is 2.57. The van der Waals surface area contributed by atoms with Gasteiger partial charge in [-0.25, -0.2) is 4.39 Å². The van der Waals surface area contributed by atoms with Gasteiger partial charge in [-0.3, -0.25) is 14.5 Å². The van der Waals surface area contributed by atoms with Crippen molar-refractivity contribution in [1.29, 1.82) is 0 Å². The zero-order valence-corrected chi connectivity index (χ0v) is 31.8. The van der Waals surface area contributed by atoms with Crippen molar-refractivity contribution in [3.8, 4) is 0 Å². The van der Waals surface area contributed by atoms with Crippen LogP contribution in [0.1, 0.15) is 95.4 Å². The van der Waals surface area contributed by atoms with E-state index < -0.39 is 24.2 Å². The highest BCUT2D eigenvalue weighted by atomic mass is 19.1. The van der Waals surface area contributed by atoms with Gasteiger partial charge in [0.05, 0.1) is 19.3 Å². The zero-order chi connectivity index (χ0) is 36.4. The van der Waals surface area contributed by atoms with E-state index in [1.165, 1.54) is 25.7 Å². The molecule has 8 nitrogen and oxygen atoms in total. The van der Waals surface area contributed by atoms with Gasteiger partial charge in [-0.2, -0.15) is 5.06 Å². The van der Waals surface area contributed by atoms with Crippen molar-refractivity contribution < 1.29 is 24.2 Å². The molecule has 2 bridgehead atoms. The summed E-state index contributed by atoms with van der Waals surface area (Å²) in [5.41, 5.74) is 3.19. The van der Waals surface area contributed by atoms with Crippen molar-refractivity contribution in [3.63, 3.8) is 0 Å². The van der Waals surface area contributed by atoms with Crippen molar-refractivity contribution in [2.75, 3.05) is 33.8 Å². The molecule has 5 aliphatic rings. The maximum Gasteiger partial charge on any atom is 0.240 e. The number of carbonyl (C=O) groups excluding carboxylic acids is 1. The van der Waals surface area contributed by atoms with E-state index in [1.54, 1.807) is 24.1 Å². The number of rotatable bonds is 14. The Kier molecular flexibility index (Phi) is 12.3. The molecule has 1 saturated heterocycles. The number of hydroxylamine groups is 2. The molecule has 0 aromatic heterocycles. The van der Waals surface area contributed by atoms with Crippen molar-refractivity contribution in [1.82, 2.24) is 20.2 Å². The molecule has 0 spiro atoms. The fourth-order valence-corrected chi connectivity index (χ4v) is 10.3. The summed E-state index contributed by atoms with van der Waals surface area (Å²) in [5, 5.41) is 26.3. The predicted octanol–water partition coefficient (Wildman–Crippen LogP) is 6.17. The maximum absolute atomic E-state index is 15.5. The summed E-state index contributed by atoms with van der Waals surface area (Å²) in [4.78, 5) is 25.1. The van der Waals surface area contributed by atoms with Crippen LogP contribution in [0.2, 0.25) is 0 Å². The van der Waals surface area contributed by atoms with E-state index in [2.05, 4.69) is 62.1 Å². The summed E-state index contributed by atoms with van der Waals surface area (Å²) in [6.45, 7) is 11.0. The third kappa shape index (κ3) is 8.24. The first-order valence-corrected chi connectivity index (χ1v) is 19.6. The number of nitrogens with one attached hydrogen (secondary N) is 1. The number of aliphatic hydroxyl groups excluding tert-OH is 2. The Hall–Kier alpha value is -2.40. The Morgan fingerprint density at radius 2 is 1.78 bits per heavy atom. The Balaban J connectivity index is 1.23. The molecule has 7 rings (SSSR count). The molecule has 2 aromatic rings. The van der Waals surface area contributed by atoms with Gasteiger partial charge in [0.2, 0.25) is 5.91 Å². The number of carbonyl (C=O) groups is 1. The number of aliphatic hydroxyl groups is 2. The van der Waals surface area contributed by atoms with Crippen LogP contribution in [0, 0.1) is 40.8 Å². The van der Waals surface area contributed by atoms with Crippen LogP contribution in [0.15, 0.2) is 48.5 Å². The van der Waals surface area contributed by atoms with Crippen LogP contribution in [0.4, 0.5) is 4.39 Å². The van der Waals surface area contributed by atoms with E-state index in [1.807, 2.05) is 24.3 Å². The molecular weight excluding hydrogens is 643 g/mol. The van der Waals surface area contributed by atoms with Crippen molar-refractivity contribution in [3.05, 3.63) is 71.0 Å². The van der Waals surface area contributed by atoms with Gasteiger partial charge in [0.25, 0.3) is 0 Å². The third-order valence-electron chi connectivity index (χ3n) is 13.3. The molecule has 1 amide bonds. The average Bonchev–Trinajstić information content (AvgIpc) is 3.48. The third-order valence-corrected chi connectivity index (χ3v) is 13.3. The molecule has 4 aliphatic carbocycles. The predicted molar refractivity (Wildman–Crippen MR) is 199 cm³/mol. The van der Waals surface area contributed by atoms with Gasteiger partial charge >= 0.3 is 0 Å². The fourth-order valence-electron chi connectivity index (χ4n) is 10.3. The largest absolute Gasteiger partial charge is 0.394 e. The van der Waals surface area contributed by atoms with Crippen LogP contribution in [0.5, 0.6) is 0 Å². The fraction of sp³-hybridized carbons (Fsp3) is 0.690. The molecule has 9 atom stereocenters. The van der Waals surface area contributed by atoms with Crippen LogP contribution in [0.3, 0.4) is 0 Å². The molecule has 4 saturated carbocycles. The van der Waals surface area contributed by atoms with E-state index in [9.17, 15) is 15.0 Å². The standard InChI is InChI=1S/C42H63FN4O4/c1-27-34-22-32(42(34,3)4)23-36(27)44-41(50)40-38(28(2)49)37(26-48)51-47(40)25-30-14-12-13-29(21-30)24-46(20-19-45(5)6)39(31-15-8-7-9-16-31)33-17-10-11-18-35(33)43/h10-14,17-18,21,27-28,31-32,34,36-40,48-49H,7-9,15-16,19-20,22-26H2,1-6H3,(H,44,50)/t27-,28-,32+,34-,36-,37-,38+,39?,40-/m0/s1. The Morgan fingerprint density at radius 3 is 2.43 bits per heavy atom. The van der Waals surface area contributed by atoms with Gasteiger partial charge < -0.3 is 20.4 Å².